The molecule has 5 nitrogen and oxygen atoms in total. The van der Waals surface area contributed by atoms with Gasteiger partial charge < -0.3 is 5.73 Å². The Morgan fingerprint density at radius 3 is 2.70 bits per heavy atom. The van der Waals surface area contributed by atoms with E-state index in [9.17, 15) is 8.42 Å². The second-order valence-electron chi connectivity index (χ2n) is 4.93. The van der Waals surface area contributed by atoms with Crippen LogP contribution in [0.5, 0.6) is 0 Å². The number of terminal acetylenes is 1. The Morgan fingerprint density at radius 1 is 1.35 bits per heavy atom. The van der Waals surface area contributed by atoms with Gasteiger partial charge >= 0.3 is 0 Å². The maximum absolute atomic E-state index is 12.4. The van der Waals surface area contributed by atoms with Crippen LogP contribution in [0.4, 0.5) is 5.69 Å². The van der Waals surface area contributed by atoms with Gasteiger partial charge in [-0.25, -0.2) is 8.42 Å². The lowest BCUT2D eigenvalue weighted by Gasteiger charge is -2.20. The minimum atomic E-state index is -3.78. The van der Waals surface area contributed by atoms with Crippen LogP contribution in [0.1, 0.15) is 13.8 Å². The summed E-state index contributed by atoms with van der Waals surface area (Å²) in [6, 6.07) is 6.40. The summed E-state index contributed by atoms with van der Waals surface area (Å²) in [6.45, 7) is 3.22. The molecule has 0 unspecified atom stereocenters. The van der Waals surface area contributed by atoms with Gasteiger partial charge in [0.2, 0.25) is 10.0 Å². The van der Waals surface area contributed by atoms with Gasteiger partial charge in [0.15, 0.2) is 0 Å². The summed E-state index contributed by atoms with van der Waals surface area (Å²) in [5.41, 5.74) is 5.65. The Bertz CT molecular complexity index is 805. The number of nitrogens with two attached hydrogens (primary N) is 1. The highest BCUT2D eigenvalue weighted by Gasteiger charge is 2.26. The van der Waals surface area contributed by atoms with E-state index in [4.69, 9.17) is 12.2 Å². The Morgan fingerprint density at radius 2 is 2.05 bits per heavy atom. The van der Waals surface area contributed by atoms with E-state index in [1.807, 2.05) is 0 Å². The first-order chi connectivity index (χ1) is 9.27. The molecule has 1 heterocycles. The molecule has 0 bridgehead atoms. The molecule has 1 aromatic heterocycles. The van der Waals surface area contributed by atoms with Crippen LogP contribution in [-0.4, -0.2) is 18.9 Å². The van der Waals surface area contributed by atoms with Crippen LogP contribution >= 0.6 is 0 Å². The zero-order chi connectivity index (χ0) is 15.0. The first kappa shape index (κ1) is 14.3. The highest BCUT2D eigenvalue weighted by atomic mass is 32.2. The van der Waals surface area contributed by atoms with E-state index in [1.54, 1.807) is 32.0 Å². The Kier molecular flexibility index (Phi) is 3.42. The van der Waals surface area contributed by atoms with Crippen LogP contribution in [-0.2, 0) is 10.0 Å². The van der Waals surface area contributed by atoms with Crippen molar-refractivity contribution in [1.29, 1.82) is 0 Å². The SMILES string of the molecule is C#CC(C)(C)NS(=O)(=O)c1ccc(N)c2cccnc12. The number of aromatic nitrogens is 1. The van der Waals surface area contributed by atoms with E-state index in [0.717, 1.165) is 0 Å². The van der Waals surface area contributed by atoms with E-state index in [0.29, 0.717) is 16.6 Å². The van der Waals surface area contributed by atoms with E-state index < -0.39 is 15.6 Å². The van der Waals surface area contributed by atoms with Gasteiger partial charge in [-0.05, 0) is 38.1 Å². The summed E-state index contributed by atoms with van der Waals surface area (Å²) in [6.07, 6.45) is 6.84. The number of pyridine rings is 1. The summed E-state index contributed by atoms with van der Waals surface area (Å²) in [5, 5.41) is 0.592. The number of hydrogen-bond donors (Lipinski definition) is 2. The quantitative estimate of drug-likeness (QED) is 0.662. The molecule has 0 radical (unpaired) electrons. The van der Waals surface area contributed by atoms with Crippen LogP contribution < -0.4 is 10.5 Å². The van der Waals surface area contributed by atoms with Gasteiger partial charge in [0.1, 0.15) is 4.90 Å². The highest BCUT2D eigenvalue weighted by Crippen LogP contribution is 2.26. The lowest BCUT2D eigenvalue weighted by atomic mass is 10.1. The summed E-state index contributed by atoms with van der Waals surface area (Å²) < 4.78 is 27.4. The average Bonchev–Trinajstić information content (AvgIpc) is 2.38. The third-order valence-corrected chi connectivity index (χ3v) is 4.49. The Hall–Kier alpha value is -2.10. The molecular formula is C14H15N3O2S. The molecular weight excluding hydrogens is 274 g/mol. The first-order valence-electron chi connectivity index (χ1n) is 5.92. The van der Waals surface area contributed by atoms with Crippen molar-refractivity contribution >= 4 is 26.6 Å². The van der Waals surface area contributed by atoms with Gasteiger partial charge in [0.05, 0.1) is 11.1 Å². The van der Waals surface area contributed by atoms with Gasteiger partial charge in [0, 0.05) is 17.3 Å². The number of anilines is 1. The average molecular weight is 289 g/mol. The summed E-state index contributed by atoms with van der Waals surface area (Å²) in [4.78, 5) is 4.17. The number of sulfonamides is 1. The maximum atomic E-state index is 12.4. The van der Waals surface area contributed by atoms with Crippen molar-refractivity contribution < 1.29 is 8.42 Å². The molecule has 0 aliphatic rings. The highest BCUT2D eigenvalue weighted by molar-refractivity contribution is 7.89. The topological polar surface area (TPSA) is 85.1 Å². The fourth-order valence-corrected chi connectivity index (χ4v) is 3.31. The molecule has 1 aromatic carbocycles. The van der Waals surface area contributed by atoms with Crippen molar-refractivity contribution in [3.63, 3.8) is 0 Å². The molecule has 0 fully saturated rings. The largest absolute Gasteiger partial charge is 0.398 e. The van der Waals surface area contributed by atoms with E-state index >= 15 is 0 Å². The molecule has 0 saturated heterocycles. The lowest BCUT2D eigenvalue weighted by molar-refractivity contribution is 0.539. The van der Waals surface area contributed by atoms with Crippen molar-refractivity contribution in [2.45, 2.75) is 24.3 Å². The molecule has 0 spiro atoms. The van der Waals surface area contributed by atoms with Crippen molar-refractivity contribution in [1.82, 2.24) is 9.71 Å². The van der Waals surface area contributed by atoms with Crippen LogP contribution in [0.15, 0.2) is 35.4 Å². The number of benzene rings is 1. The predicted molar refractivity (Wildman–Crippen MR) is 79.4 cm³/mol. The van der Waals surface area contributed by atoms with Crippen molar-refractivity contribution in [2.24, 2.45) is 0 Å². The second kappa shape index (κ2) is 4.78. The number of hydrogen-bond acceptors (Lipinski definition) is 4. The number of nitrogens with zero attached hydrogens (tertiary/aromatic N) is 1. The number of rotatable bonds is 3. The summed E-state index contributed by atoms with van der Waals surface area (Å²) in [7, 11) is -3.78. The second-order valence-corrected chi connectivity index (χ2v) is 6.58. The zero-order valence-electron chi connectivity index (χ0n) is 11.2. The van der Waals surface area contributed by atoms with Crippen molar-refractivity contribution in [3.05, 3.63) is 30.5 Å². The number of nitrogens with one attached hydrogen (secondary N) is 1. The van der Waals surface area contributed by atoms with Gasteiger partial charge in [-0.15, -0.1) is 6.42 Å². The molecule has 0 aliphatic carbocycles. The van der Waals surface area contributed by atoms with E-state index in [2.05, 4.69) is 15.6 Å². The molecule has 6 heteroatoms. The monoisotopic (exact) mass is 289 g/mol. The van der Waals surface area contributed by atoms with E-state index in [1.165, 1.54) is 12.3 Å². The molecule has 0 aliphatic heterocycles. The molecule has 0 atom stereocenters. The summed E-state index contributed by atoms with van der Waals surface area (Å²) in [5.74, 6) is 2.39. The fourth-order valence-electron chi connectivity index (χ4n) is 1.81. The van der Waals surface area contributed by atoms with Gasteiger partial charge in [-0.3, -0.25) is 4.98 Å². The van der Waals surface area contributed by atoms with Gasteiger partial charge in [0.25, 0.3) is 0 Å². The minimum Gasteiger partial charge on any atom is -0.398 e. The van der Waals surface area contributed by atoms with Crippen LogP contribution in [0.25, 0.3) is 10.9 Å². The normalized spacial score (nSPS) is 12.2. The van der Waals surface area contributed by atoms with Crippen LogP contribution in [0.3, 0.4) is 0 Å². The predicted octanol–water partition coefficient (Wildman–Crippen LogP) is 1.51. The lowest BCUT2D eigenvalue weighted by Crippen LogP contribution is -2.42. The Labute approximate surface area is 118 Å². The van der Waals surface area contributed by atoms with Gasteiger partial charge in [-0.1, -0.05) is 5.92 Å². The van der Waals surface area contributed by atoms with Crippen LogP contribution in [0, 0.1) is 12.3 Å². The molecule has 2 rings (SSSR count). The maximum Gasteiger partial charge on any atom is 0.244 e. The third-order valence-electron chi connectivity index (χ3n) is 2.81. The molecule has 3 N–H and O–H groups in total. The smallest absolute Gasteiger partial charge is 0.244 e. The molecule has 0 amide bonds. The third kappa shape index (κ3) is 2.59. The fraction of sp³-hybridized carbons (Fsp3) is 0.214. The first-order valence-corrected chi connectivity index (χ1v) is 7.40. The minimum absolute atomic E-state index is 0.0608. The van der Waals surface area contributed by atoms with E-state index in [-0.39, 0.29) is 4.90 Å². The zero-order valence-corrected chi connectivity index (χ0v) is 12.0. The number of fused-ring (bicyclic) bond motifs is 1. The van der Waals surface area contributed by atoms with Crippen molar-refractivity contribution in [3.8, 4) is 12.3 Å². The number of nitrogen functional groups attached to an aromatic ring is 1. The van der Waals surface area contributed by atoms with Gasteiger partial charge in [-0.2, -0.15) is 4.72 Å². The summed E-state index contributed by atoms with van der Waals surface area (Å²) >= 11 is 0. The Balaban J connectivity index is 2.65. The molecule has 104 valence electrons. The molecule has 20 heavy (non-hydrogen) atoms. The van der Waals surface area contributed by atoms with Crippen LogP contribution in [0.2, 0.25) is 0 Å². The molecule has 2 aromatic rings. The molecule has 0 saturated carbocycles. The van der Waals surface area contributed by atoms with Crippen molar-refractivity contribution in [2.75, 3.05) is 5.73 Å². The standard InChI is InChI=1S/C14H15N3O2S/c1-4-14(2,3)17-20(18,19)12-8-7-11(15)10-6-5-9-16-13(10)12/h1,5-9,17H,15H2,2-3H3.